The molecule has 3 heterocycles. The Morgan fingerprint density at radius 2 is 0.700 bits per heavy atom. The van der Waals surface area contributed by atoms with Gasteiger partial charge in [0.15, 0.2) is 11.7 Å². The third-order valence-electron chi connectivity index (χ3n) is 11.0. The minimum Gasteiger partial charge on any atom is -0.255 e. The molecule has 1 aromatic heterocycles. The topological polar surface area (TPSA) is 112 Å². The first-order valence-electron chi connectivity index (χ1n) is 19.7. The zero-order valence-corrected chi connectivity index (χ0v) is 34.5. The highest BCUT2D eigenvalue weighted by molar-refractivity contribution is 7.90. The van der Waals surface area contributed by atoms with Crippen molar-refractivity contribution in [3.63, 3.8) is 0 Å². The number of aryl methyl sites for hydroxylation is 2. The van der Waals surface area contributed by atoms with E-state index in [0.29, 0.717) is 0 Å². The first kappa shape index (κ1) is 38.8. The fourth-order valence-corrected chi connectivity index (χ4v) is 11.2. The van der Waals surface area contributed by atoms with Crippen LogP contribution in [-0.2, 0) is 20.0 Å². The predicted octanol–water partition coefficient (Wildman–Crippen LogP) is 9.57. The monoisotopic (exact) mass is 827 g/mol. The van der Waals surface area contributed by atoms with Gasteiger partial charge in [-0.1, -0.05) is 163 Å². The predicted molar refractivity (Wildman–Crippen MR) is 234 cm³/mol. The maximum Gasteiger partial charge on any atom is 0.266 e. The van der Waals surface area contributed by atoms with Gasteiger partial charge in [0.1, 0.15) is 23.5 Å². The van der Waals surface area contributed by atoms with E-state index in [4.69, 9.17) is 15.0 Å². The Balaban J connectivity index is 1.25. The summed E-state index contributed by atoms with van der Waals surface area (Å²) in [6, 6.07) is 54.2. The van der Waals surface area contributed by atoms with E-state index in [1.165, 1.54) is 8.61 Å². The highest BCUT2D eigenvalue weighted by atomic mass is 32.2. The van der Waals surface area contributed by atoms with Gasteiger partial charge in [-0.15, -0.1) is 0 Å². The molecule has 0 aliphatic carbocycles. The average molecular weight is 828 g/mol. The van der Waals surface area contributed by atoms with Crippen molar-refractivity contribution in [2.45, 2.75) is 47.8 Å². The van der Waals surface area contributed by atoms with Crippen molar-refractivity contribution in [3.05, 3.63) is 233 Å². The number of hydrogen-bond donors (Lipinski definition) is 0. The molecule has 0 N–H and O–H groups in total. The lowest BCUT2D eigenvalue weighted by atomic mass is 9.95. The summed E-state index contributed by atoms with van der Waals surface area (Å²) in [5.41, 5.74) is 5.50. The number of aliphatic imine (C=N–C) groups is 2. The fourth-order valence-electron chi connectivity index (χ4n) is 8.00. The molecule has 0 unspecified atom stereocenters. The van der Waals surface area contributed by atoms with Crippen molar-refractivity contribution in [3.8, 4) is 0 Å². The molecule has 0 saturated heterocycles. The third kappa shape index (κ3) is 7.09. The van der Waals surface area contributed by atoms with E-state index in [-0.39, 0.29) is 32.9 Å². The molecule has 2 aliphatic rings. The molecule has 60 heavy (non-hydrogen) atoms. The molecule has 0 radical (unpaired) electrons. The summed E-state index contributed by atoms with van der Waals surface area (Å²) in [5, 5.41) is 0. The number of pyridine rings is 1. The van der Waals surface area contributed by atoms with Gasteiger partial charge in [0.25, 0.3) is 20.0 Å². The van der Waals surface area contributed by atoms with Crippen molar-refractivity contribution < 1.29 is 16.8 Å². The second kappa shape index (κ2) is 15.8. The normalized spacial score (nSPS) is 19.2. The van der Waals surface area contributed by atoms with Gasteiger partial charge in [-0.3, -0.25) is 9.98 Å². The quantitative estimate of drug-likeness (QED) is 0.136. The van der Waals surface area contributed by atoms with Gasteiger partial charge in [0.2, 0.25) is 0 Å². The van der Waals surface area contributed by atoms with Crippen LogP contribution in [0.1, 0.15) is 68.9 Å². The van der Waals surface area contributed by atoms with Crippen molar-refractivity contribution in [2.24, 2.45) is 9.98 Å². The molecule has 0 amide bonds. The first-order valence-corrected chi connectivity index (χ1v) is 22.5. The van der Waals surface area contributed by atoms with Gasteiger partial charge in [0, 0.05) is 0 Å². The summed E-state index contributed by atoms with van der Waals surface area (Å²) < 4.78 is 63.2. The van der Waals surface area contributed by atoms with E-state index in [1.54, 1.807) is 66.7 Å². The van der Waals surface area contributed by atoms with E-state index in [9.17, 15) is 0 Å². The molecular weight excluding hydrogens is 787 g/mol. The van der Waals surface area contributed by atoms with Gasteiger partial charge in [-0.05, 0) is 72.5 Å². The zero-order chi connectivity index (χ0) is 41.4. The Morgan fingerprint density at radius 3 is 1.03 bits per heavy atom. The van der Waals surface area contributed by atoms with Crippen LogP contribution < -0.4 is 0 Å². The van der Waals surface area contributed by atoms with E-state index >= 15 is 16.8 Å². The van der Waals surface area contributed by atoms with E-state index in [2.05, 4.69) is 0 Å². The van der Waals surface area contributed by atoms with Gasteiger partial charge in [-0.25, -0.2) is 30.4 Å². The second-order valence-corrected chi connectivity index (χ2v) is 18.6. The highest BCUT2D eigenvalue weighted by Crippen LogP contribution is 2.48. The largest absolute Gasteiger partial charge is 0.266 e. The first-order chi connectivity index (χ1) is 29.1. The summed E-state index contributed by atoms with van der Waals surface area (Å²) in [6.45, 7) is 3.82. The van der Waals surface area contributed by atoms with Crippen molar-refractivity contribution in [1.29, 1.82) is 0 Å². The van der Waals surface area contributed by atoms with Crippen molar-refractivity contribution in [1.82, 2.24) is 13.6 Å². The number of aromatic nitrogens is 1. The Morgan fingerprint density at radius 1 is 0.383 bits per heavy atom. The fraction of sp³-hybridized carbons (Fsp3) is 0.122. The Kier molecular flexibility index (Phi) is 10.2. The van der Waals surface area contributed by atoms with E-state index in [1.807, 2.05) is 135 Å². The smallest absolute Gasteiger partial charge is 0.255 e. The summed E-state index contributed by atoms with van der Waals surface area (Å²) in [6.07, 6.45) is 0. The Hall–Kier alpha value is -6.69. The molecule has 0 bridgehead atoms. The minimum absolute atomic E-state index is 0.110. The molecule has 2 aliphatic heterocycles. The van der Waals surface area contributed by atoms with Crippen molar-refractivity contribution >= 4 is 31.7 Å². The molecule has 298 valence electrons. The molecule has 0 spiro atoms. The maximum absolute atomic E-state index is 15.1. The molecule has 6 aromatic carbocycles. The lowest BCUT2D eigenvalue weighted by molar-refractivity contribution is 0.419. The van der Waals surface area contributed by atoms with Crippen LogP contribution in [0.25, 0.3) is 0 Å². The van der Waals surface area contributed by atoms with Crippen LogP contribution in [0.3, 0.4) is 0 Å². The number of benzene rings is 6. The molecule has 9 nitrogen and oxygen atoms in total. The molecular formula is C49H41N5O4S2. The van der Waals surface area contributed by atoms with Crippen LogP contribution >= 0.6 is 0 Å². The number of nitrogens with zero attached hydrogens (tertiary/aromatic N) is 5. The van der Waals surface area contributed by atoms with Crippen LogP contribution in [0.2, 0.25) is 0 Å². The van der Waals surface area contributed by atoms with E-state index < -0.39 is 44.2 Å². The lowest BCUT2D eigenvalue weighted by Crippen LogP contribution is -2.39. The molecule has 9 rings (SSSR count). The lowest BCUT2D eigenvalue weighted by Gasteiger charge is -2.31. The standard InChI is InChI=1S/C49H41N5O4S2/c1-34-26-30-40(31-27-34)59(55,56)53-46(38-20-11-5-12-21-38)44(36-16-7-3-8-17-36)51-48(53)42-24-15-25-43(50-42)49-52-45(37-18-9-4-10-19-37)47(39-22-13-6-14-23-39)54(49)60(57,58)41-32-28-35(2)29-33-41/h3-33,44-47H,1-2H3/t44-,45-,46-,47-/m1/s1. The van der Waals surface area contributed by atoms with Gasteiger partial charge < -0.3 is 0 Å². The van der Waals surface area contributed by atoms with Gasteiger partial charge in [-0.2, -0.15) is 0 Å². The number of sulfonamides is 2. The Bertz CT molecular complexity index is 2730. The summed E-state index contributed by atoms with van der Waals surface area (Å²) >= 11 is 0. The third-order valence-corrected chi connectivity index (χ3v) is 14.5. The summed E-state index contributed by atoms with van der Waals surface area (Å²) in [4.78, 5) is 15.8. The number of rotatable bonds is 10. The van der Waals surface area contributed by atoms with Gasteiger partial charge in [0.05, 0.1) is 21.9 Å². The zero-order valence-electron chi connectivity index (χ0n) is 32.9. The average Bonchev–Trinajstić information content (AvgIpc) is 3.90. The molecule has 0 fully saturated rings. The SMILES string of the molecule is Cc1ccc(S(=O)(=O)N2C(c3cccc(C4=N[C@H](c5ccccc5)[C@@H](c5ccccc5)N4S(=O)(=O)c4ccc(C)cc4)n3)=N[C@H](c3ccccc3)[C@H]2c2ccccc2)cc1. The van der Waals surface area contributed by atoms with Crippen LogP contribution in [0.15, 0.2) is 208 Å². The molecule has 11 heteroatoms. The van der Waals surface area contributed by atoms with Crippen LogP contribution in [-0.4, -0.2) is 42.1 Å². The molecule has 0 saturated carbocycles. The molecule has 4 atom stereocenters. The van der Waals surface area contributed by atoms with Crippen LogP contribution in [0, 0.1) is 13.8 Å². The van der Waals surface area contributed by atoms with Crippen LogP contribution in [0.5, 0.6) is 0 Å². The summed E-state index contributed by atoms with van der Waals surface area (Å²) in [7, 11) is -8.52. The van der Waals surface area contributed by atoms with Crippen LogP contribution in [0.4, 0.5) is 0 Å². The van der Waals surface area contributed by atoms with E-state index in [0.717, 1.165) is 33.4 Å². The minimum atomic E-state index is -4.26. The number of amidine groups is 2. The molecule has 7 aromatic rings. The van der Waals surface area contributed by atoms with Gasteiger partial charge >= 0.3 is 0 Å². The number of hydrogen-bond acceptors (Lipinski definition) is 7. The van der Waals surface area contributed by atoms with Crippen molar-refractivity contribution in [2.75, 3.05) is 0 Å². The highest BCUT2D eigenvalue weighted by Gasteiger charge is 2.48. The summed E-state index contributed by atoms with van der Waals surface area (Å²) in [5.74, 6) is 0.261. The maximum atomic E-state index is 15.1. The Labute approximate surface area is 351 Å². The second-order valence-electron chi connectivity index (χ2n) is 15.0.